The highest BCUT2D eigenvalue weighted by Crippen LogP contribution is 2.24. The van der Waals surface area contributed by atoms with Gasteiger partial charge in [0.2, 0.25) is 0 Å². The molecule has 0 unspecified atom stereocenters. The normalized spacial score (nSPS) is 15.3. The Morgan fingerprint density at radius 3 is 2.41 bits per heavy atom. The number of benzene rings is 2. The molecule has 1 fully saturated rings. The fourth-order valence-corrected chi connectivity index (χ4v) is 4.20. The van der Waals surface area contributed by atoms with Crippen molar-refractivity contribution in [1.82, 2.24) is 19.5 Å². The minimum Gasteiger partial charge on any atom is -0.355 e. The number of rotatable bonds is 3. The van der Waals surface area contributed by atoms with Gasteiger partial charge in [-0.25, -0.2) is 9.97 Å². The van der Waals surface area contributed by atoms with E-state index >= 15 is 0 Å². The summed E-state index contributed by atoms with van der Waals surface area (Å²) in [6.07, 6.45) is 3.91. The van der Waals surface area contributed by atoms with Crippen LogP contribution in [0.4, 0.5) is 5.82 Å². The zero-order valence-electron chi connectivity index (χ0n) is 16.5. The maximum atomic E-state index is 12.9. The summed E-state index contributed by atoms with van der Waals surface area (Å²) in [5.41, 5.74) is 2.69. The van der Waals surface area contributed by atoms with Crippen molar-refractivity contribution >= 4 is 27.8 Å². The van der Waals surface area contributed by atoms with E-state index in [0.717, 1.165) is 60.7 Å². The highest BCUT2D eigenvalue weighted by Gasteiger charge is 2.22. The van der Waals surface area contributed by atoms with Crippen molar-refractivity contribution in [2.45, 2.75) is 26.3 Å². The Balaban J connectivity index is 1.32. The van der Waals surface area contributed by atoms with E-state index < -0.39 is 0 Å². The molecule has 0 saturated carbocycles. The highest BCUT2D eigenvalue weighted by molar-refractivity contribution is 5.77. The van der Waals surface area contributed by atoms with Crippen molar-refractivity contribution < 1.29 is 0 Å². The first-order valence-electron chi connectivity index (χ1n) is 10.1. The molecular formula is C23H23N5O. The quantitative estimate of drug-likeness (QED) is 0.539. The van der Waals surface area contributed by atoms with Gasteiger partial charge in [0.05, 0.1) is 28.1 Å². The Morgan fingerprint density at radius 1 is 0.931 bits per heavy atom. The molecule has 4 aromatic rings. The number of aromatic nitrogens is 4. The van der Waals surface area contributed by atoms with Gasteiger partial charge < -0.3 is 4.90 Å². The molecule has 0 aliphatic carbocycles. The number of hydrogen-bond acceptors (Lipinski definition) is 5. The summed E-state index contributed by atoms with van der Waals surface area (Å²) in [5.74, 6) is 2.18. The molecule has 0 spiro atoms. The van der Waals surface area contributed by atoms with Gasteiger partial charge in [-0.05, 0) is 49.9 Å². The van der Waals surface area contributed by atoms with Gasteiger partial charge in [0, 0.05) is 19.6 Å². The van der Waals surface area contributed by atoms with Crippen molar-refractivity contribution in [2.75, 3.05) is 18.0 Å². The maximum absolute atomic E-state index is 12.9. The second-order valence-corrected chi connectivity index (χ2v) is 7.74. The van der Waals surface area contributed by atoms with Crippen molar-refractivity contribution in [3.8, 4) is 0 Å². The minimum atomic E-state index is 0.0657. The fraction of sp³-hybridized carbons (Fsp3) is 0.304. The number of piperidine rings is 1. The van der Waals surface area contributed by atoms with Crippen LogP contribution in [-0.4, -0.2) is 32.6 Å². The first kappa shape index (κ1) is 17.8. The molecule has 6 nitrogen and oxygen atoms in total. The van der Waals surface area contributed by atoms with Gasteiger partial charge in [0.1, 0.15) is 11.6 Å². The molecule has 146 valence electrons. The topological polar surface area (TPSA) is 63.9 Å². The third kappa shape index (κ3) is 3.35. The zero-order valence-corrected chi connectivity index (χ0v) is 16.5. The lowest BCUT2D eigenvalue weighted by Gasteiger charge is -2.33. The summed E-state index contributed by atoms with van der Waals surface area (Å²) < 4.78 is 1.85. The molecule has 1 aliphatic heterocycles. The van der Waals surface area contributed by atoms with E-state index in [9.17, 15) is 4.79 Å². The lowest BCUT2D eigenvalue weighted by molar-refractivity contribution is 0.348. The summed E-state index contributed by atoms with van der Waals surface area (Å²) >= 11 is 0. The van der Waals surface area contributed by atoms with Crippen molar-refractivity contribution in [3.63, 3.8) is 0 Å². The van der Waals surface area contributed by atoms with Crippen molar-refractivity contribution in [2.24, 2.45) is 5.92 Å². The summed E-state index contributed by atoms with van der Waals surface area (Å²) in [6, 6.07) is 15.5. The molecule has 1 saturated heterocycles. The van der Waals surface area contributed by atoms with E-state index in [1.165, 1.54) is 0 Å². The van der Waals surface area contributed by atoms with Crippen LogP contribution in [0, 0.1) is 12.8 Å². The minimum absolute atomic E-state index is 0.0657. The molecule has 0 radical (unpaired) electrons. The molecule has 0 N–H and O–H groups in total. The lowest BCUT2D eigenvalue weighted by atomic mass is 9.96. The Labute approximate surface area is 168 Å². The predicted octanol–water partition coefficient (Wildman–Crippen LogP) is 3.56. The average molecular weight is 385 g/mol. The van der Waals surface area contributed by atoms with Crippen molar-refractivity contribution in [1.29, 1.82) is 0 Å². The summed E-state index contributed by atoms with van der Waals surface area (Å²) in [6.45, 7) is 4.49. The number of aryl methyl sites for hydroxylation is 1. The van der Waals surface area contributed by atoms with E-state index in [1.807, 2.05) is 66.2 Å². The van der Waals surface area contributed by atoms with Gasteiger partial charge in [0.25, 0.3) is 5.56 Å². The van der Waals surface area contributed by atoms with Crippen LogP contribution >= 0.6 is 0 Å². The third-order valence-corrected chi connectivity index (χ3v) is 5.87. The van der Waals surface area contributed by atoms with Gasteiger partial charge >= 0.3 is 0 Å². The smallest absolute Gasteiger partial charge is 0.261 e. The maximum Gasteiger partial charge on any atom is 0.261 e. The Kier molecular flexibility index (Phi) is 4.46. The first-order valence-corrected chi connectivity index (χ1v) is 10.1. The van der Waals surface area contributed by atoms with E-state index in [0.29, 0.717) is 11.3 Å². The van der Waals surface area contributed by atoms with E-state index in [2.05, 4.69) is 14.9 Å². The summed E-state index contributed by atoms with van der Waals surface area (Å²) in [4.78, 5) is 29.2. The Hall–Kier alpha value is -3.28. The van der Waals surface area contributed by atoms with Crippen LogP contribution in [-0.2, 0) is 6.54 Å². The predicted molar refractivity (Wildman–Crippen MR) is 115 cm³/mol. The number of nitrogens with zero attached hydrogens (tertiary/aromatic N) is 5. The molecule has 5 rings (SSSR count). The second-order valence-electron chi connectivity index (χ2n) is 7.74. The molecule has 0 amide bonds. The number of anilines is 1. The van der Waals surface area contributed by atoms with Crippen LogP contribution in [0.15, 0.2) is 59.5 Å². The molecule has 3 heterocycles. The van der Waals surface area contributed by atoms with Crippen LogP contribution < -0.4 is 10.5 Å². The fourth-order valence-electron chi connectivity index (χ4n) is 4.20. The van der Waals surface area contributed by atoms with Gasteiger partial charge in [-0.3, -0.25) is 14.3 Å². The molecule has 2 aromatic carbocycles. The van der Waals surface area contributed by atoms with Gasteiger partial charge in [-0.2, -0.15) is 0 Å². The molecule has 0 bridgehead atoms. The van der Waals surface area contributed by atoms with Crippen LogP contribution in [0.5, 0.6) is 0 Å². The van der Waals surface area contributed by atoms with Gasteiger partial charge in [-0.15, -0.1) is 0 Å². The molecule has 6 heteroatoms. The summed E-state index contributed by atoms with van der Waals surface area (Å²) in [7, 11) is 0. The van der Waals surface area contributed by atoms with Crippen LogP contribution in [0.1, 0.15) is 18.7 Å². The highest BCUT2D eigenvalue weighted by atomic mass is 16.1. The van der Waals surface area contributed by atoms with E-state index in [-0.39, 0.29) is 5.56 Å². The lowest BCUT2D eigenvalue weighted by Crippen LogP contribution is -2.37. The van der Waals surface area contributed by atoms with E-state index in [1.54, 1.807) is 0 Å². The van der Waals surface area contributed by atoms with Crippen LogP contribution in [0.25, 0.3) is 21.9 Å². The Morgan fingerprint density at radius 2 is 1.62 bits per heavy atom. The summed E-state index contributed by atoms with van der Waals surface area (Å²) in [5, 5.41) is 0.696. The van der Waals surface area contributed by atoms with Gasteiger partial charge in [-0.1, -0.05) is 24.3 Å². The second kappa shape index (κ2) is 7.28. The first-order chi connectivity index (χ1) is 14.2. The number of hydrogen-bond donors (Lipinski definition) is 0. The Bertz CT molecular complexity index is 1240. The molecule has 0 atom stereocenters. The number of para-hydroxylation sites is 3. The largest absolute Gasteiger partial charge is 0.355 e. The molecule has 29 heavy (non-hydrogen) atoms. The van der Waals surface area contributed by atoms with Crippen molar-refractivity contribution in [3.05, 3.63) is 70.9 Å². The third-order valence-electron chi connectivity index (χ3n) is 5.87. The zero-order chi connectivity index (χ0) is 19.8. The van der Waals surface area contributed by atoms with Crippen LogP contribution in [0.2, 0.25) is 0 Å². The molecular weight excluding hydrogens is 362 g/mol. The molecule has 1 aliphatic rings. The SMILES string of the molecule is Cc1nc2ccccc2c(=O)n1CC1CCN(c2cnc3ccccc3n2)CC1. The number of fused-ring (bicyclic) bond motifs is 2. The average Bonchev–Trinajstić information content (AvgIpc) is 2.77. The van der Waals surface area contributed by atoms with Gasteiger partial charge in [0.15, 0.2) is 0 Å². The monoisotopic (exact) mass is 385 g/mol. The standard InChI is InChI=1S/C23H23N5O/c1-16-25-19-7-3-2-6-18(19)23(29)28(16)15-17-10-12-27(13-11-17)22-14-24-20-8-4-5-9-21(20)26-22/h2-9,14,17H,10-13,15H2,1H3. The van der Waals surface area contributed by atoms with Crippen LogP contribution in [0.3, 0.4) is 0 Å². The van der Waals surface area contributed by atoms with E-state index in [4.69, 9.17) is 4.98 Å². The molecule has 2 aromatic heterocycles.